The van der Waals surface area contributed by atoms with Crippen molar-refractivity contribution < 1.29 is 28.7 Å². The first-order valence-electron chi connectivity index (χ1n) is 13.1. The monoisotopic (exact) mass is 579 g/mol. The molecule has 0 spiro atoms. The number of benzene rings is 1. The van der Waals surface area contributed by atoms with Gasteiger partial charge in [0.15, 0.2) is 0 Å². The number of amides is 1. The van der Waals surface area contributed by atoms with Gasteiger partial charge < -0.3 is 29.8 Å². The SMILES string of the molecule is CN(Cc1nn(C)c(C#N)c1-c1cnc([N+](=O)[O-])c(N2CCCC2c2cc(F)cc(C(=O)O)c2)c1)C(=O)OC(C)(C)C. The van der Waals surface area contributed by atoms with Crippen LogP contribution in [-0.4, -0.2) is 61.0 Å². The summed E-state index contributed by atoms with van der Waals surface area (Å²) in [6.07, 6.45) is 1.77. The summed E-state index contributed by atoms with van der Waals surface area (Å²) in [7, 11) is 3.09. The van der Waals surface area contributed by atoms with Crippen LogP contribution in [0.2, 0.25) is 0 Å². The van der Waals surface area contributed by atoms with Gasteiger partial charge in [-0.15, -0.1) is 0 Å². The molecule has 1 amide bonds. The number of aromatic carboxylic acids is 1. The fourth-order valence-electron chi connectivity index (χ4n) is 5.02. The van der Waals surface area contributed by atoms with Gasteiger partial charge in [0.1, 0.15) is 35.1 Å². The number of ether oxygens (including phenoxy) is 1. The highest BCUT2D eigenvalue weighted by molar-refractivity contribution is 5.88. The van der Waals surface area contributed by atoms with Crippen LogP contribution >= 0.6 is 0 Å². The number of nitro groups is 1. The van der Waals surface area contributed by atoms with Gasteiger partial charge in [0.25, 0.3) is 0 Å². The fourth-order valence-corrected chi connectivity index (χ4v) is 5.02. The van der Waals surface area contributed by atoms with E-state index in [-0.39, 0.29) is 23.5 Å². The topological polar surface area (TPSA) is 168 Å². The highest BCUT2D eigenvalue weighted by Gasteiger charge is 2.34. The normalized spacial score (nSPS) is 14.9. The predicted molar refractivity (Wildman–Crippen MR) is 148 cm³/mol. The molecule has 1 aliphatic rings. The van der Waals surface area contributed by atoms with Crippen LogP contribution in [0.3, 0.4) is 0 Å². The van der Waals surface area contributed by atoms with Crippen LogP contribution in [0.25, 0.3) is 11.1 Å². The molecule has 42 heavy (non-hydrogen) atoms. The van der Waals surface area contributed by atoms with Crippen molar-refractivity contribution in [3.63, 3.8) is 0 Å². The molecule has 1 N–H and O–H groups in total. The Balaban J connectivity index is 1.81. The number of carbonyl (C=O) groups is 2. The molecule has 3 aromatic rings. The molecule has 1 unspecified atom stereocenters. The minimum atomic E-state index is -1.29. The number of carbonyl (C=O) groups excluding carboxylic acids is 1. The number of rotatable bonds is 7. The molecule has 13 nitrogen and oxygen atoms in total. The van der Waals surface area contributed by atoms with E-state index in [2.05, 4.69) is 16.2 Å². The van der Waals surface area contributed by atoms with E-state index in [1.807, 2.05) is 0 Å². The van der Waals surface area contributed by atoms with Crippen molar-refractivity contribution in [1.29, 1.82) is 5.26 Å². The minimum Gasteiger partial charge on any atom is -0.478 e. The lowest BCUT2D eigenvalue weighted by atomic mass is 10.00. The number of aromatic nitrogens is 3. The Labute approximate surface area is 240 Å². The number of hydrogen-bond acceptors (Lipinski definition) is 9. The number of carboxylic acid groups (broad SMARTS) is 1. The first-order valence-corrected chi connectivity index (χ1v) is 13.1. The van der Waals surface area contributed by atoms with Crippen molar-refractivity contribution in [3.8, 4) is 17.2 Å². The molecule has 1 saturated heterocycles. The zero-order chi connectivity index (χ0) is 30.9. The highest BCUT2D eigenvalue weighted by atomic mass is 19.1. The number of nitriles is 1. The lowest BCUT2D eigenvalue weighted by molar-refractivity contribution is -0.388. The van der Waals surface area contributed by atoms with Crippen LogP contribution in [-0.2, 0) is 18.3 Å². The Morgan fingerprint density at radius 1 is 1.31 bits per heavy atom. The zero-order valence-corrected chi connectivity index (χ0v) is 23.8. The quantitative estimate of drug-likeness (QED) is 0.303. The lowest BCUT2D eigenvalue weighted by Gasteiger charge is -2.27. The summed E-state index contributed by atoms with van der Waals surface area (Å²) in [6, 6.07) is 6.56. The van der Waals surface area contributed by atoms with Crippen LogP contribution in [0.4, 0.5) is 20.7 Å². The van der Waals surface area contributed by atoms with Gasteiger partial charge in [-0.05, 0) is 73.3 Å². The van der Waals surface area contributed by atoms with Crippen LogP contribution in [0, 0.1) is 27.3 Å². The second-order valence-corrected chi connectivity index (χ2v) is 11.0. The molecule has 0 radical (unpaired) electrons. The van der Waals surface area contributed by atoms with Crippen molar-refractivity contribution in [2.24, 2.45) is 7.05 Å². The third kappa shape index (κ3) is 6.14. The number of carboxylic acids is 1. The maximum absolute atomic E-state index is 14.4. The molecule has 1 atom stereocenters. The maximum Gasteiger partial charge on any atom is 0.410 e. The third-order valence-corrected chi connectivity index (χ3v) is 6.74. The summed E-state index contributed by atoms with van der Waals surface area (Å²) in [5, 5.41) is 35.8. The molecule has 0 aliphatic carbocycles. The Morgan fingerprint density at radius 3 is 2.64 bits per heavy atom. The molecule has 0 bridgehead atoms. The summed E-state index contributed by atoms with van der Waals surface area (Å²) in [5.74, 6) is -2.47. The lowest BCUT2D eigenvalue weighted by Crippen LogP contribution is -2.34. The van der Waals surface area contributed by atoms with E-state index in [1.54, 1.807) is 32.7 Å². The molecule has 4 rings (SSSR count). The van der Waals surface area contributed by atoms with E-state index in [9.17, 15) is 34.5 Å². The van der Waals surface area contributed by atoms with Crippen LogP contribution < -0.4 is 4.90 Å². The van der Waals surface area contributed by atoms with Crippen molar-refractivity contribution in [3.05, 3.63) is 68.9 Å². The Hall–Kier alpha value is -5.06. The molecule has 220 valence electrons. The van der Waals surface area contributed by atoms with Gasteiger partial charge in [0, 0.05) is 31.8 Å². The Bertz CT molecular complexity index is 1610. The summed E-state index contributed by atoms with van der Waals surface area (Å²) in [6.45, 7) is 5.55. The van der Waals surface area contributed by atoms with Gasteiger partial charge >= 0.3 is 17.9 Å². The molecule has 3 heterocycles. The number of hydrogen-bond donors (Lipinski definition) is 1. The fraction of sp³-hybridized carbons (Fsp3) is 0.393. The van der Waals surface area contributed by atoms with Crippen molar-refractivity contribution in [1.82, 2.24) is 19.7 Å². The average Bonchev–Trinajstić information content (AvgIpc) is 3.51. The number of anilines is 1. The predicted octanol–water partition coefficient (Wildman–Crippen LogP) is 4.81. The van der Waals surface area contributed by atoms with Crippen LogP contribution in [0.1, 0.15) is 67.0 Å². The number of pyridine rings is 1. The summed E-state index contributed by atoms with van der Waals surface area (Å²) >= 11 is 0. The largest absolute Gasteiger partial charge is 0.478 e. The van der Waals surface area contributed by atoms with Crippen LogP contribution in [0.15, 0.2) is 30.5 Å². The third-order valence-electron chi connectivity index (χ3n) is 6.74. The Kier molecular flexibility index (Phi) is 8.14. The molecular weight excluding hydrogens is 549 g/mol. The van der Waals surface area contributed by atoms with E-state index in [0.29, 0.717) is 41.8 Å². The molecular formula is C28H30FN7O6. The smallest absolute Gasteiger partial charge is 0.410 e. The van der Waals surface area contributed by atoms with E-state index in [1.165, 1.54) is 41.0 Å². The second-order valence-electron chi connectivity index (χ2n) is 11.0. The molecule has 1 aliphatic heterocycles. The van der Waals surface area contributed by atoms with E-state index >= 15 is 0 Å². The van der Waals surface area contributed by atoms with E-state index in [4.69, 9.17) is 4.74 Å². The minimum absolute atomic E-state index is 0.0281. The molecule has 0 saturated carbocycles. The van der Waals surface area contributed by atoms with Gasteiger partial charge in [0.05, 0.1) is 23.8 Å². The molecule has 14 heteroatoms. The van der Waals surface area contributed by atoms with Crippen molar-refractivity contribution in [2.75, 3.05) is 18.5 Å². The molecule has 1 aromatic carbocycles. The Morgan fingerprint density at radius 2 is 2.02 bits per heavy atom. The van der Waals surface area contributed by atoms with Crippen LogP contribution in [0.5, 0.6) is 0 Å². The first-order chi connectivity index (χ1) is 19.7. The number of nitrogens with zero attached hydrogens (tertiary/aromatic N) is 7. The zero-order valence-electron chi connectivity index (χ0n) is 23.8. The molecule has 2 aromatic heterocycles. The summed E-state index contributed by atoms with van der Waals surface area (Å²) < 4.78 is 21.1. The number of aryl methyl sites for hydroxylation is 1. The maximum atomic E-state index is 14.4. The van der Waals surface area contributed by atoms with Gasteiger partial charge in [-0.1, -0.05) is 0 Å². The van der Waals surface area contributed by atoms with Gasteiger partial charge in [-0.25, -0.2) is 14.0 Å². The summed E-state index contributed by atoms with van der Waals surface area (Å²) in [5.41, 5.74) is 0.718. The van der Waals surface area contributed by atoms with E-state index < -0.39 is 40.3 Å². The average molecular weight is 580 g/mol. The molecule has 1 fully saturated rings. The van der Waals surface area contributed by atoms with Crippen molar-refractivity contribution >= 4 is 23.6 Å². The highest BCUT2D eigenvalue weighted by Crippen LogP contribution is 2.42. The first kappa shape index (κ1) is 29.9. The van der Waals surface area contributed by atoms with Gasteiger partial charge in [0.2, 0.25) is 0 Å². The van der Waals surface area contributed by atoms with Gasteiger partial charge in [-0.2, -0.15) is 10.4 Å². The van der Waals surface area contributed by atoms with Gasteiger partial charge in [-0.3, -0.25) is 4.68 Å². The van der Waals surface area contributed by atoms with E-state index in [0.717, 1.165) is 6.07 Å². The summed E-state index contributed by atoms with van der Waals surface area (Å²) in [4.78, 5) is 42.7. The second kappa shape index (κ2) is 11.4. The standard InChI is InChI=1S/C28H30FN7O6/c1-28(2,3)42-27(39)33(4)15-20-24(23(13-30)34(5)32-20)18-12-22(25(31-14-18)36(40)41)35-8-6-7-21(35)16-9-17(26(37)38)11-19(29)10-16/h9-12,14,21H,6-8,15H2,1-5H3,(H,37,38). The number of halogens is 1. The van der Waals surface area contributed by atoms with Crippen molar-refractivity contribution in [2.45, 2.75) is 51.8 Å².